The van der Waals surface area contributed by atoms with Crippen LogP contribution in [0.4, 0.5) is 5.69 Å². The molecular formula is C21H23N3O4. The number of anilines is 1. The van der Waals surface area contributed by atoms with Crippen LogP contribution in [0.15, 0.2) is 34.9 Å². The number of carbonyl (C=O) groups excluding carboxylic acids is 2. The first-order valence-corrected chi connectivity index (χ1v) is 8.93. The van der Waals surface area contributed by atoms with Gasteiger partial charge < -0.3 is 14.6 Å². The molecule has 3 aromatic rings. The van der Waals surface area contributed by atoms with Gasteiger partial charge in [0, 0.05) is 23.1 Å². The molecule has 0 aliphatic heterocycles. The first-order chi connectivity index (χ1) is 13.3. The largest absolute Gasteiger partial charge is 0.452 e. The van der Waals surface area contributed by atoms with Crippen molar-refractivity contribution in [2.24, 2.45) is 0 Å². The average Bonchev–Trinajstić information content (AvgIpc) is 3.18. The Balaban J connectivity index is 1.66. The van der Waals surface area contributed by atoms with Crippen LogP contribution in [0.3, 0.4) is 0 Å². The minimum Gasteiger partial charge on any atom is -0.452 e. The maximum atomic E-state index is 12.5. The summed E-state index contributed by atoms with van der Waals surface area (Å²) in [7, 11) is 0. The second-order valence-electron chi connectivity index (χ2n) is 6.84. The van der Waals surface area contributed by atoms with Gasteiger partial charge in [0.05, 0.1) is 5.56 Å². The number of aryl methyl sites for hydroxylation is 4. The zero-order chi connectivity index (χ0) is 20.4. The Morgan fingerprint density at radius 3 is 2.46 bits per heavy atom. The molecule has 0 radical (unpaired) electrons. The van der Waals surface area contributed by atoms with Crippen molar-refractivity contribution in [1.82, 2.24) is 9.72 Å². The van der Waals surface area contributed by atoms with Crippen molar-refractivity contribution >= 4 is 17.6 Å². The lowest BCUT2D eigenvalue weighted by molar-refractivity contribution is -0.119. The molecule has 2 aromatic heterocycles. The highest BCUT2D eigenvalue weighted by Crippen LogP contribution is 2.21. The minimum absolute atomic E-state index is 0.363. The van der Waals surface area contributed by atoms with E-state index in [-0.39, 0.29) is 6.61 Å². The van der Waals surface area contributed by atoms with Gasteiger partial charge in [0.1, 0.15) is 5.76 Å². The highest BCUT2D eigenvalue weighted by Gasteiger charge is 2.20. The van der Waals surface area contributed by atoms with E-state index in [9.17, 15) is 9.59 Å². The summed E-state index contributed by atoms with van der Waals surface area (Å²) >= 11 is 0. The number of esters is 1. The van der Waals surface area contributed by atoms with E-state index in [2.05, 4.69) is 10.5 Å². The van der Waals surface area contributed by atoms with Crippen molar-refractivity contribution in [2.45, 2.75) is 34.6 Å². The van der Waals surface area contributed by atoms with Crippen LogP contribution < -0.4 is 5.32 Å². The number of nitrogens with one attached hydrogen (secondary N) is 1. The SMILES string of the molecule is Cc1cc(-n2c(C)cc(C(=O)OCC(=O)Nc3ccc(C)c(C)c3)c2C)no1. The molecule has 0 saturated carbocycles. The van der Waals surface area contributed by atoms with Gasteiger partial charge >= 0.3 is 5.97 Å². The van der Waals surface area contributed by atoms with Gasteiger partial charge in [0.2, 0.25) is 0 Å². The fourth-order valence-electron chi connectivity index (χ4n) is 3.01. The van der Waals surface area contributed by atoms with Crippen molar-refractivity contribution < 1.29 is 18.8 Å². The number of nitrogens with zero attached hydrogens (tertiary/aromatic N) is 2. The number of hydrogen-bond acceptors (Lipinski definition) is 5. The Bertz CT molecular complexity index is 1050. The van der Waals surface area contributed by atoms with Crippen LogP contribution in [0.2, 0.25) is 0 Å². The molecule has 3 rings (SSSR count). The number of amides is 1. The number of ether oxygens (including phenoxy) is 1. The molecule has 7 heteroatoms. The molecule has 0 aliphatic rings. The van der Waals surface area contributed by atoms with Crippen molar-refractivity contribution in [3.63, 3.8) is 0 Å². The lowest BCUT2D eigenvalue weighted by atomic mass is 10.1. The molecule has 0 saturated heterocycles. The Kier molecular flexibility index (Phi) is 5.35. The third kappa shape index (κ3) is 3.98. The maximum absolute atomic E-state index is 12.5. The van der Waals surface area contributed by atoms with E-state index in [4.69, 9.17) is 9.26 Å². The quantitative estimate of drug-likeness (QED) is 0.679. The molecule has 0 aliphatic carbocycles. The molecule has 0 bridgehead atoms. The highest BCUT2D eigenvalue weighted by atomic mass is 16.5. The molecule has 7 nitrogen and oxygen atoms in total. The smallest absolute Gasteiger partial charge is 0.340 e. The van der Waals surface area contributed by atoms with E-state index in [1.54, 1.807) is 26.0 Å². The lowest BCUT2D eigenvalue weighted by Crippen LogP contribution is -2.21. The van der Waals surface area contributed by atoms with Crippen LogP contribution in [-0.4, -0.2) is 28.2 Å². The van der Waals surface area contributed by atoms with Crippen LogP contribution in [0.5, 0.6) is 0 Å². The van der Waals surface area contributed by atoms with Crippen molar-refractivity contribution in [3.8, 4) is 5.82 Å². The predicted octanol–water partition coefficient (Wildman–Crippen LogP) is 3.80. The van der Waals surface area contributed by atoms with Crippen LogP contribution in [0.1, 0.15) is 38.6 Å². The van der Waals surface area contributed by atoms with Crippen LogP contribution >= 0.6 is 0 Å². The van der Waals surface area contributed by atoms with Gasteiger partial charge in [-0.2, -0.15) is 0 Å². The summed E-state index contributed by atoms with van der Waals surface area (Å²) in [6.07, 6.45) is 0. The monoisotopic (exact) mass is 381 g/mol. The molecule has 0 unspecified atom stereocenters. The average molecular weight is 381 g/mol. The van der Waals surface area contributed by atoms with Gasteiger partial charge in [-0.1, -0.05) is 11.2 Å². The van der Waals surface area contributed by atoms with Crippen LogP contribution in [0.25, 0.3) is 5.82 Å². The van der Waals surface area contributed by atoms with Gasteiger partial charge in [-0.3, -0.25) is 9.36 Å². The zero-order valence-corrected chi connectivity index (χ0v) is 16.6. The van der Waals surface area contributed by atoms with E-state index in [0.29, 0.717) is 28.5 Å². The number of aromatic nitrogens is 2. The van der Waals surface area contributed by atoms with Gasteiger partial charge in [-0.05, 0) is 63.9 Å². The molecule has 0 spiro atoms. The lowest BCUT2D eigenvalue weighted by Gasteiger charge is -2.09. The molecule has 0 atom stereocenters. The Labute approximate surface area is 163 Å². The fraction of sp³-hybridized carbons (Fsp3) is 0.286. The number of hydrogen-bond donors (Lipinski definition) is 1. The Morgan fingerprint density at radius 2 is 1.82 bits per heavy atom. The van der Waals surface area contributed by atoms with E-state index >= 15 is 0 Å². The molecular weight excluding hydrogens is 358 g/mol. The van der Waals surface area contributed by atoms with Crippen molar-refractivity contribution in [1.29, 1.82) is 0 Å². The van der Waals surface area contributed by atoms with E-state index in [1.165, 1.54) is 0 Å². The fourth-order valence-corrected chi connectivity index (χ4v) is 3.01. The zero-order valence-electron chi connectivity index (χ0n) is 16.6. The first-order valence-electron chi connectivity index (χ1n) is 8.93. The molecule has 0 fully saturated rings. The molecule has 1 aromatic carbocycles. The maximum Gasteiger partial charge on any atom is 0.340 e. The summed E-state index contributed by atoms with van der Waals surface area (Å²) < 4.78 is 12.1. The third-order valence-electron chi connectivity index (χ3n) is 4.62. The summed E-state index contributed by atoms with van der Waals surface area (Å²) in [5.41, 5.74) is 4.76. The van der Waals surface area contributed by atoms with E-state index in [0.717, 1.165) is 16.8 Å². The Hall–Kier alpha value is -3.35. The highest BCUT2D eigenvalue weighted by molar-refractivity contribution is 5.96. The van der Waals surface area contributed by atoms with Gasteiger partial charge in [0.15, 0.2) is 12.4 Å². The molecule has 146 valence electrons. The summed E-state index contributed by atoms with van der Waals surface area (Å²) in [6.45, 7) is 9.06. The van der Waals surface area contributed by atoms with E-state index < -0.39 is 11.9 Å². The topological polar surface area (TPSA) is 86.4 Å². The third-order valence-corrected chi connectivity index (χ3v) is 4.62. The predicted molar refractivity (Wildman–Crippen MR) is 105 cm³/mol. The van der Waals surface area contributed by atoms with Gasteiger partial charge in [0.25, 0.3) is 5.91 Å². The standard InChI is InChI=1S/C21H23N3O4/c1-12-6-7-17(8-13(12)2)22-20(25)11-27-21(26)18-9-14(3)24(16(18)5)19-10-15(4)28-23-19/h6-10H,11H2,1-5H3,(H,22,25). The first kappa shape index (κ1) is 19.4. The minimum atomic E-state index is -0.560. The van der Waals surface area contributed by atoms with Crippen molar-refractivity contribution in [2.75, 3.05) is 11.9 Å². The molecule has 2 heterocycles. The van der Waals surface area contributed by atoms with Crippen LogP contribution in [0, 0.1) is 34.6 Å². The normalized spacial score (nSPS) is 10.8. The summed E-state index contributed by atoms with van der Waals surface area (Å²) in [5.74, 6) is 0.320. The van der Waals surface area contributed by atoms with Crippen molar-refractivity contribution in [3.05, 3.63) is 64.2 Å². The summed E-state index contributed by atoms with van der Waals surface area (Å²) in [5, 5.41) is 6.72. The number of rotatable bonds is 5. The number of carbonyl (C=O) groups is 2. The summed E-state index contributed by atoms with van der Waals surface area (Å²) in [4.78, 5) is 24.6. The molecule has 28 heavy (non-hydrogen) atoms. The summed E-state index contributed by atoms with van der Waals surface area (Å²) in [6, 6.07) is 9.12. The van der Waals surface area contributed by atoms with E-state index in [1.807, 2.05) is 43.5 Å². The Morgan fingerprint density at radius 1 is 1.07 bits per heavy atom. The van der Waals surface area contributed by atoms with Gasteiger partial charge in [-0.15, -0.1) is 0 Å². The second kappa shape index (κ2) is 7.72. The molecule has 1 amide bonds. The van der Waals surface area contributed by atoms with Gasteiger partial charge in [-0.25, -0.2) is 4.79 Å². The molecule has 1 N–H and O–H groups in total. The number of benzene rings is 1. The second-order valence-corrected chi connectivity index (χ2v) is 6.84. The van der Waals surface area contributed by atoms with Crippen LogP contribution in [-0.2, 0) is 9.53 Å².